The van der Waals surface area contributed by atoms with E-state index in [1.807, 2.05) is 24.3 Å². The summed E-state index contributed by atoms with van der Waals surface area (Å²) in [5.41, 5.74) is 5.14. The van der Waals surface area contributed by atoms with Crippen LogP contribution >= 0.6 is 22.7 Å². The van der Waals surface area contributed by atoms with E-state index < -0.39 is 0 Å². The Hall–Kier alpha value is -3.99. The van der Waals surface area contributed by atoms with E-state index in [0.717, 1.165) is 38.3 Å². The number of thiophene rings is 2. The molecule has 0 N–H and O–H groups in total. The number of allylic oxidation sites excluding steroid dienone is 1. The summed E-state index contributed by atoms with van der Waals surface area (Å²) in [6, 6.07) is 37.9. The van der Waals surface area contributed by atoms with E-state index in [0.29, 0.717) is 6.42 Å². The summed E-state index contributed by atoms with van der Waals surface area (Å²) < 4.78 is 2.49. The number of para-hydroxylation sites is 2. The lowest BCUT2D eigenvalue weighted by Crippen LogP contribution is -2.07. The van der Waals surface area contributed by atoms with Crippen molar-refractivity contribution in [3.05, 3.63) is 131 Å². The largest absolute Gasteiger partial charge is 0.302 e. The maximum atomic E-state index is 13.2. The number of hydrogen-bond donors (Lipinski definition) is 0. The van der Waals surface area contributed by atoms with Gasteiger partial charge in [-0.1, -0.05) is 66.7 Å². The van der Waals surface area contributed by atoms with Crippen LogP contribution in [0.4, 0.5) is 16.4 Å². The fourth-order valence-corrected chi connectivity index (χ4v) is 7.38. The molecule has 0 saturated carbocycles. The van der Waals surface area contributed by atoms with E-state index >= 15 is 0 Å². The molecular weight excluding hydrogens is 478 g/mol. The molecule has 2 heterocycles. The number of ketones is 1. The van der Waals surface area contributed by atoms with Crippen molar-refractivity contribution in [1.29, 1.82) is 0 Å². The van der Waals surface area contributed by atoms with Crippen molar-refractivity contribution < 1.29 is 4.79 Å². The first-order chi connectivity index (χ1) is 17.7. The van der Waals surface area contributed by atoms with E-state index in [1.165, 1.54) is 19.8 Å². The normalized spacial score (nSPS) is 14.1. The van der Waals surface area contributed by atoms with Crippen LogP contribution in [-0.2, 0) is 6.42 Å². The number of fused-ring (bicyclic) bond motifs is 3. The van der Waals surface area contributed by atoms with Gasteiger partial charge in [0.25, 0.3) is 0 Å². The minimum Gasteiger partial charge on any atom is -0.302 e. The minimum atomic E-state index is 0.160. The monoisotopic (exact) mass is 499 g/mol. The third kappa shape index (κ3) is 3.67. The average molecular weight is 500 g/mol. The lowest BCUT2D eigenvalue weighted by molar-refractivity contribution is 0.104. The second kappa shape index (κ2) is 8.59. The number of Topliss-reactive ketones (excluding diaryl/α,β-unsaturated/α-hetero) is 1. The van der Waals surface area contributed by atoms with E-state index in [9.17, 15) is 4.79 Å². The highest BCUT2D eigenvalue weighted by molar-refractivity contribution is 7.30. The Bertz CT molecular complexity index is 1710. The first-order valence-corrected chi connectivity index (χ1v) is 13.6. The summed E-state index contributed by atoms with van der Waals surface area (Å²) in [6.45, 7) is 0. The topological polar surface area (TPSA) is 20.3 Å². The fourth-order valence-electron chi connectivity index (χ4n) is 4.97. The summed E-state index contributed by atoms with van der Waals surface area (Å²) in [4.78, 5) is 16.6. The van der Waals surface area contributed by atoms with Gasteiger partial charge in [-0.15, -0.1) is 22.7 Å². The van der Waals surface area contributed by atoms with Gasteiger partial charge in [-0.25, -0.2) is 0 Å². The molecule has 0 fully saturated rings. The summed E-state index contributed by atoms with van der Waals surface area (Å²) in [5.74, 6) is 0.160. The first-order valence-electron chi connectivity index (χ1n) is 11.9. The quantitative estimate of drug-likeness (QED) is 0.225. The second-order valence-electron chi connectivity index (χ2n) is 9.00. The van der Waals surface area contributed by atoms with Crippen molar-refractivity contribution in [1.82, 2.24) is 0 Å². The number of nitrogens with zero attached hydrogens (tertiary/aromatic N) is 1. The molecule has 1 aliphatic carbocycles. The molecule has 0 atom stereocenters. The molecule has 0 unspecified atom stereocenters. The molecule has 0 saturated heterocycles. The Kier molecular flexibility index (Phi) is 5.09. The Balaban J connectivity index is 1.23. The molecule has 4 aromatic carbocycles. The van der Waals surface area contributed by atoms with Crippen LogP contribution in [0, 0.1) is 0 Å². The zero-order valence-electron chi connectivity index (χ0n) is 19.3. The van der Waals surface area contributed by atoms with Gasteiger partial charge < -0.3 is 4.90 Å². The van der Waals surface area contributed by atoms with E-state index in [2.05, 4.69) is 95.9 Å². The van der Waals surface area contributed by atoms with Crippen LogP contribution in [0.3, 0.4) is 0 Å². The lowest BCUT2D eigenvalue weighted by Gasteiger charge is -2.23. The van der Waals surface area contributed by atoms with Crippen LogP contribution in [0.15, 0.2) is 115 Å². The molecule has 1 aliphatic rings. The van der Waals surface area contributed by atoms with Gasteiger partial charge in [-0.05, 0) is 64.9 Å². The van der Waals surface area contributed by atoms with E-state index in [4.69, 9.17) is 0 Å². The maximum absolute atomic E-state index is 13.2. The molecule has 2 nitrogen and oxygen atoms in total. The Labute approximate surface area is 217 Å². The third-order valence-electron chi connectivity index (χ3n) is 6.67. The molecular formula is C32H21NOS2. The highest BCUT2D eigenvalue weighted by Crippen LogP contribution is 2.44. The molecule has 0 radical (unpaired) electrons. The Morgan fingerprint density at radius 1 is 0.667 bits per heavy atom. The van der Waals surface area contributed by atoms with Crippen molar-refractivity contribution in [3.63, 3.8) is 0 Å². The highest BCUT2D eigenvalue weighted by Gasteiger charge is 2.25. The smallest absolute Gasteiger partial charge is 0.189 e. The van der Waals surface area contributed by atoms with Gasteiger partial charge in [-0.2, -0.15) is 0 Å². The average Bonchev–Trinajstić information content (AvgIpc) is 3.56. The zero-order chi connectivity index (χ0) is 24.1. The molecule has 0 bridgehead atoms. The number of benzene rings is 4. The van der Waals surface area contributed by atoms with Crippen molar-refractivity contribution in [3.8, 4) is 0 Å². The van der Waals surface area contributed by atoms with Gasteiger partial charge in [-0.3, -0.25) is 4.79 Å². The van der Waals surface area contributed by atoms with Gasteiger partial charge in [0.2, 0.25) is 0 Å². The number of carbonyl (C=O) groups is 1. The molecule has 0 aliphatic heterocycles. The standard InChI is InChI=1S/C32H21NOS2/c34-32-24(16-23-15-21-9-7-8-10-22(21)18-28(23)32)17-27-19-29-30(35-27)20-31(36-29)33(25-11-3-1-4-12-25)26-13-5-2-6-14-26/h1-15,17-20H,16H2/b24-17+. The zero-order valence-corrected chi connectivity index (χ0v) is 21.0. The predicted octanol–water partition coefficient (Wildman–Crippen LogP) is 9.41. The number of rotatable bonds is 4. The summed E-state index contributed by atoms with van der Waals surface area (Å²) >= 11 is 3.54. The van der Waals surface area contributed by atoms with E-state index in [1.54, 1.807) is 22.7 Å². The van der Waals surface area contributed by atoms with Crippen LogP contribution in [-0.4, -0.2) is 5.78 Å². The fraction of sp³-hybridized carbons (Fsp3) is 0.0312. The van der Waals surface area contributed by atoms with Crippen LogP contribution in [0.2, 0.25) is 0 Å². The minimum absolute atomic E-state index is 0.160. The Morgan fingerprint density at radius 2 is 1.28 bits per heavy atom. The SMILES string of the molecule is O=C1/C(=C/c2cc3sc(N(c4ccccc4)c4ccccc4)cc3s2)Cc2cc3ccccc3cc21. The number of anilines is 3. The third-order valence-corrected chi connectivity index (χ3v) is 8.89. The molecule has 0 amide bonds. The summed E-state index contributed by atoms with van der Waals surface area (Å²) in [7, 11) is 0. The first kappa shape index (κ1) is 21.3. The van der Waals surface area contributed by atoms with Crippen LogP contribution in [0.1, 0.15) is 20.8 Å². The molecule has 172 valence electrons. The van der Waals surface area contributed by atoms with Crippen LogP contribution in [0.5, 0.6) is 0 Å². The van der Waals surface area contributed by atoms with Crippen molar-refractivity contribution in [2.75, 3.05) is 4.90 Å². The molecule has 7 rings (SSSR count). The van der Waals surface area contributed by atoms with E-state index in [-0.39, 0.29) is 5.78 Å². The van der Waals surface area contributed by atoms with Crippen molar-refractivity contribution >= 4 is 71.1 Å². The predicted molar refractivity (Wildman–Crippen MR) is 154 cm³/mol. The number of carbonyl (C=O) groups excluding carboxylic acids is 1. The maximum Gasteiger partial charge on any atom is 0.189 e. The molecule has 4 heteroatoms. The Morgan fingerprint density at radius 3 is 1.94 bits per heavy atom. The van der Waals surface area contributed by atoms with Gasteiger partial charge in [0.15, 0.2) is 5.78 Å². The van der Waals surface area contributed by atoms with Gasteiger partial charge >= 0.3 is 0 Å². The molecule has 6 aromatic rings. The number of hydrogen-bond acceptors (Lipinski definition) is 4. The van der Waals surface area contributed by atoms with Crippen LogP contribution < -0.4 is 4.90 Å². The molecule has 2 aromatic heterocycles. The highest BCUT2D eigenvalue weighted by atomic mass is 32.1. The van der Waals surface area contributed by atoms with Gasteiger partial charge in [0.05, 0.1) is 0 Å². The van der Waals surface area contributed by atoms with Gasteiger partial charge in [0, 0.05) is 43.2 Å². The summed E-state index contributed by atoms with van der Waals surface area (Å²) in [5, 5.41) is 3.50. The van der Waals surface area contributed by atoms with Crippen molar-refractivity contribution in [2.24, 2.45) is 0 Å². The summed E-state index contributed by atoms with van der Waals surface area (Å²) in [6.07, 6.45) is 2.79. The van der Waals surface area contributed by atoms with Crippen molar-refractivity contribution in [2.45, 2.75) is 6.42 Å². The molecule has 0 spiro atoms. The lowest BCUT2D eigenvalue weighted by atomic mass is 10.0. The van der Waals surface area contributed by atoms with Crippen LogP contribution in [0.25, 0.3) is 26.2 Å². The molecule has 36 heavy (non-hydrogen) atoms. The van der Waals surface area contributed by atoms with Gasteiger partial charge in [0.1, 0.15) is 5.00 Å². The second-order valence-corrected chi connectivity index (χ2v) is 11.2.